The van der Waals surface area contributed by atoms with Crippen molar-refractivity contribution in [2.24, 2.45) is 0 Å². The number of ether oxygens (including phenoxy) is 1. The van der Waals surface area contributed by atoms with E-state index in [1.807, 2.05) is 25.2 Å². The lowest BCUT2D eigenvalue weighted by Gasteiger charge is -2.20. The van der Waals surface area contributed by atoms with Crippen LogP contribution in [0.1, 0.15) is 24.1 Å². The monoisotopic (exact) mass is 421 g/mol. The fourth-order valence-corrected chi connectivity index (χ4v) is 4.93. The van der Waals surface area contributed by atoms with Gasteiger partial charge in [0.15, 0.2) is 0 Å². The molecule has 0 amide bonds. The van der Waals surface area contributed by atoms with Crippen LogP contribution in [0.15, 0.2) is 29.6 Å². The Morgan fingerprint density at radius 3 is 2.86 bits per heavy atom. The molecule has 0 N–H and O–H groups in total. The third kappa shape index (κ3) is 4.24. The van der Waals surface area contributed by atoms with Gasteiger partial charge in [0.2, 0.25) is 15.0 Å². The Bertz CT molecular complexity index is 1070. The van der Waals surface area contributed by atoms with E-state index in [0.29, 0.717) is 19.6 Å². The van der Waals surface area contributed by atoms with Crippen molar-refractivity contribution in [3.05, 3.63) is 35.7 Å². The molecule has 1 fully saturated rings. The maximum atomic E-state index is 12.2. The van der Waals surface area contributed by atoms with E-state index in [-0.39, 0.29) is 11.3 Å². The molecular formula is C18H23N5O3S2. The highest BCUT2D eigenvalue weighted by molar-refractivity contribution is 7.90. The molecule has 28 heavy (non-hydrogen) atoms. The van der Waals surface area contributed by atoms with E-state index in [4.69, 9.17) is 4.74 Å². The lowest BCUT2D eigenvalue weighted by molar-refractivity contribution is 0.0934. The number of rotatable bonds is 7. The number of hydrogen-bond acceptors (Lipinski definition) is 8. The van der Waals surface area contributed by atoms with Crippen molar-refractivity contribution in [1.82, 2.24) is 23.2 Å². The third-order valence-electron chi connectivity index (χ3n) is 4.85. The maximum absolute atomic E-state index is 12.2. The van der Waals surface area contributed by atoms with Gasteiger partial charge in [-0.15, -0.1) is 0 Å². The van der Waals surface area contributed by atoms with Crippen molar-refractivity contribution in [1.29, 1.82) is 0 Å². The first kappa shape index (κ1) is 19.4. The molecule has 4 rings (SSSR count). The molecular weight excluding hydrogens is 398 g/mol. The molecule has 0 radical (unpaired) electrons. The van der Waals surface area contributed by atoms with Crippen LogP contribution in [0.2, 0.25) is 0 Å². The number of imidazole rings is 1. The highest BCUT2D eigenvalue weighted by Gasteiger charge is 2.24. The molecule has 2 aromatic heterocycles. The van der Waals surface area contributed by atoms with Gasteiger partial charge in [0.25, 0.3) is 0 Å². The van der Waals surface area contributed by atoms with E-state index in [9.17, 15) is 8.42 Å². The van der Waals surface area contributed by atoms with Crippen molar-refractivity contribution in [3.8, 4) is 0 Å². The van der Waals surface area contributed by atoms with Gasteiger partial charge >= 0.3 is 0 Å². The second-order valence-electron chi connectivity index (χ2n) is 7.31. The molecule has 0 aliphatic carbocycles. The zero-order valence-electron chi connectivity index (χ0n) is 15.9. The first-order valence-corrected chi connectivity index (χ1v) is 11.8. The Morgan fingerprint density at radius 1 is 1.29 bits per heavy atom. The van der Waals surface area contributed by atoms with E-state index in [0.717, 1.165) is 41.7 Å². The fraction of sp³-hybridized carbons (Fsp3) is 0.500. The van der Waals surface area contributed by atoms with Crippen LogP contribution >= 0.6 is 11.7 Å². The number of hydrogen-bond donors (Lipinski definition) is 0. The Labute approximate surface area is 168 Å². The second kappa shape index (κ2) is 7.86. The molecule has 1 atom stereocenters. The summed E-state index contributed by atoms with van der Waals surface area (Å²) in [5.41, 5.74) is 3.81. The van der Waals surface area contributed by atoms with Gasteiger partial charge in [-0.2, -0.15) is 8.75 Å². The van der Waals surface area contributed by atoms with E-state index in [1.165, 1.54) is 18.0 Å². The van der Waals surface area contributed by atoms with Crippen LogP contribution in [0.3, 0.4) is 0 Å². The van der Waals surface area contributed by atoms with E-state index >= 15 is 0 Å². The largest absolute Gasteiger partial charge is 0.376 e. The van der Waals surface area contributed by atoms with E-state index in [1.54, 1.807) is 10.8 Å². The number of aromatic nitrogens is 4. The summed E-state index contributed by atoms with van der Waals surface area (Å²) < 4.78 is 40.4. The smallest absolute Gasteiger partial charge is 0.227 e. The molecule has 8 nitrogen and oxygen atoms in total. The predicted octanol–water partition coefficient (Wildman–Crippen LogP) is 2.10. The van der Waals surface area contributed by atoms with Gasteiger partial charge in [-0.25, -0.2) is 13.4 Å². The summed E-state index contributed by atoms with van der Waals surface area (Å²) in [4.78, 5) is 6.33. The van der Waals surface area contributed by atoms with Gasteiger partial charge in [0, 0.05) is 26.0 Å². The maximum Gasteiger partial charge on any atom is 0.227 e. The molecule has 0 bridgehead atoms. The van der Waals surface area contributed by atoms with Crippen molar-refractivity contribution >= 4 is 32.6 Å². The lowest BCUT2D eigenvalue weighted by Crippen LogP contribution is -2.24. The quantitative estimate of drug-likeness (QED) is 0.577. The standard InChI is InChI=1S/C18H23N5O3S2/c1-22(10-13-5-6-16-17(8-13)21-27-20-16)11-14-9-19-18(28(2,24)25)23(14)12-15-4-3-7-26-15/h5-6,8-9,15H,3-4,7,10-12H2,1-2H3/t15-/m1/s1. The average Bonchev–Trinajstić information content (AvgIpc) is 3.36. The molecule has 3 heterocycles. The van der Waals surface area contributed by atoms with E-state index in [2.05, 4.69) is 18.6 Å². The molecule has 10 heteroatoms. The van der Waals surface area contributed by atoms with Gasteiger partial charge in [-0.1, -0.05) is 6.07 Å². The summed E-state index contributed by atoms with van der Waals surface area (Å²) in [7, 11) is -1.40. The third-order valence-corrected chi connectivity index (χ3v) is 6.39. The summed E-state index contributed by atoms with van der Waals surface area (Å²) in [5, 5.41) is 0.112. The van der Waals surface area contributed by atoms with Crippen LogP contribution in [0.5, 0.6) is 0 Å². The number of sulfone groups is 1. The van der Waals surface area contributed by atoms with Crippen LogP contribution in [0.25, 0.3) is 11.0 Å². The average molecular weight is 422 g/mol. The molecule has 1 saturated heterocycles. The second-order valence-corrected chi connectivity index (χ2v) is 9.75. The first-order chi connectivity index (χ1) is 13.4. The summed E-state index contributed by atoms with van der Waals surface area (Å²) in [5.74, 6) is 0. The fourth-order valence-electron chi connectivity index (χ4n) is 3.57. The van der Waals surface area contributed by atoms with Gasteiger partial charge in [0.1, 0.15) is 11.0 Å². The zero-order chi connectivity index (χ0) is 19.7. The minimum atomic E-state index is -3.40. The van der Waals surface area contributed by atoms with Gasteiger partial charge < -0.3 is 9.30 Å². The first-order valence-electron chi connectivity index (χ1n) is 9.16. The summed E-state index contributed by atoms with van der Waals surface area (Å²) in [6, 6.07) is 6.07. The van der Waals surface area contributed by atoms with Crippen molar-refractivity contribution in [3.63, 3.8) is 0 Å². The predicted molar refractivity (Wildman–Crippen MR) is 107 cm³/mol. The van der Waals surface area contributed by atoms with Crippen LogP contribution in [-0.2, 0) is 34.2 Å². The Hall–Kier alpha value is -1.88. The SMILES string of the molecule is CN(Cc1ccc2nsnc2c1)Cc1cnc(S(C)(=O)=O)n1C[C@H]1CCCO1. The number of nitrogens with zero attached hydrogens (tertiary/aromatic N) is 5. The Kier molecular flexibility index (Phi) is 5.46. The van der Waals surface area contributed by atoms with Crippen LogP contribution < -0.4 is 0 Å². The topological polar surface area (TPSA) is 90.2 Å². The summed E-state index contributed by atoms with van der Waals surface area (Å²) >= 11 is 1.21. The Morgan fingerprint density at radius 2 is 2.11 bits per heavy atom. The van der Waals surface area contributed by atoms with Crippen molar-refractivity contribution in [2.45, 2.75) is 43.7 Å². The minimum Gasteiger partial charge on any atom is -0.376 e. The number of fused-ring (bicyclic) bond motifs is 1. The molecule has 150 valence electrons. The van der Waals surface area contributed by atoms with E-state index < -0.39 is 9.84 Å². The van der Waals surface area contributed by atoms with Crippen LogP contribution in [0.4, 0.5) is 0 Å². The molecule has 0 spiro atoms. The molecule has 1 aliphatic rings. The lowest BCUT2D eigenvalue weighted by atomic mass is 10.2. The van der Waals surface area contributed by atoms with Crippen LogP contribution in [0, 0.1) is 0 Å². The summed E-state index contributed by atoms with van der Waals surface area (Å²) in [6.45, 7) is 2.55. The molecule has 1 aromatic carbocycles. The van der Waals surface area contributed by atoms with Gasteiger partial charge in [0.05, 0.1) is 36.3 Å². The molecule has 1 aliphatic heterocycles. The number of benzene rings is 1. The van der Waals surface area contributed by atoms with Crippen molar-refractivity contribution < 1.29 is 13.2 Å². The highest BCUT2D eigenvalue weighted by atomic mass is 32.2. The summed E-state index contributed by atoms with van der Waals surface area (Å²) in [6.07, 6.45) is 4.86. The molecule has 3 aromatic rings. The Balaban J connectivity index is 1.53. The normalized spacial score (nSPS) is 17.8. The van der Waals surface area contributed by atoms with Crippen LogP contribution in [-0.4, -0.2) is 57.6 Å². The van der Waals surface area contributed by atoms with Crippen molar-refractivity contribution in [2.75, 3.05) is 19.9 Å². The molecule has 0 unspecified atom stereocenters. The zero-order valence-corrected chi connectivity index (χ0v) is 17.5. The van der Waals surface area contributed by atoms with Gasteiger partial charge in [-0.05, 0) is 37.6 Å². The molecule has 0 saturated carbocycles. The highest BCUT2D eigenvalue weighted by Crippen LogP contribution is 2.21. The van der Waals surface area contributed by atoms with Gasteiger partial charge in [-0.3, -0.25) is 4.90 Å². The minimum absolute atomic E-state index is 0.0401.